The number of anilines is 1. The number of hydrogen-bond donors (Lipinski definition) is 1. The van der Waals surface area contributed by atoms with E-state index in [-0.39, 0.29) is 11.2 Å². The van der Waals surface area contributed by atoms with Crippen molar-refractivity contribution in [3.8, 4) is 0 Å². The maximum Gasteiger partial charge on any atom is 0.178 e. The third kappa shape index (κ3) is 1.85. The van der Waals surface area contributed by atoms with Crippen molar-refractivity contribution in [2.75, 3.05) is 5.73 Å². The molecule has 3 heteroatoms. The van der Waals surface area contributed by atoms with E-state index >= 15 is 0 Å². The second-order valence-corrected chi connectivity index (χ2v) is 4.73. The standard InChI is InChI=1S/C9H13NOS/c1-9(2,3)8(11)7-4-6(10)5-12-7/h4-5H,10H2,1-3H3. The lowest BCUT2D eigenvalue weighted by Crippen LogP contribution is -2.18. The molecule has 1 aromatic heterocycles. The molecule has 66 valence electrons. The molecule has 0 unspecified atom stereocenters. The zero-order valence-corrected chi connectivity index (χ0v) is 8.37. The Morgan fingerprint density at radius 1 is 1.50 bits per heavy atom. The minimum absolute atomic E-state index is 0.157. The van der Waals surface area contributed by atoms with Gasteiger partial charge in [-0.05, 0) is 6.07 Å². The molecule has 1 rings (SSSR count). The van der Waals surface area contributed by atoms with Crippen LogP contribution in [0.25, 0.3) is 0 Å². The van der Waals surface area contributed by atoms with Gasteiger partial charge in [0.25, 0.3) is 0 Å². The highest BCUT2D eigenvalue weighted by atomic mass is 32.1. The van der Waals surface area contributed by atoms with E-state index in [0.29, 0.717) is 5.69 Å². The number of nitrogens with two attached hydrogens (primary N) is 1. The lowest BCUT2D eigenvalue weighted by Gasteiger charge is -2.14. The predicted octanol–water partition coefficient (Wildman–Crippen LogP) is 2.56. The molecule has 12 heavy (non-hydrogen) atoms. The van der Waals surface area contributed by atoms with Gasteiger partial charge < -0.3 is 5.73 Å². The van der Waals surface area contributed by atoms with Crippen LogP contribution in [0.2, 0.25) is 0 Å². The first-order valence-corrected chi connectivity index (χ1v) is 4.68. The maximum absolute atomic E-state index is 11.6. The summed E-state index contributed by atoms with van der Waals surface area (Å²) in [6.45, 7) is 5.72. The molecular formula is C9H13NOS. The first-order valence-electron chi connectivity index (χ1n) is 3.80. The fourth-order valence-corrected chi connectivity index (χ4v) is 1.79. The van der Waals surface area contributed by atoms with Crippen LogP contribution < -0.4 is 5.73 Å². The van der Waals surface area contributed by atoms with Gasteiger partial charge in [-0.1, -0.05) is 20.8 Å². The van der Waals surface area contributed by atoms with Gasteiger partial charge in [0.1, 0.15) is 0 Å². The quantitative estimate of drug-likeness (QED) is 0.680. The number of carbonyl (C=O) groups excluding carboxylic acids is 1. The van der Waals surface area contributed by atoms with Crippen molar-refractivity contribution in [1.82, 2.24) is 0 Å². The van der Waals surface area contributed by atoms with Crippen molar-refractivity contribution in [2.45, 2.75) is 20.8 Å². The minimum atomic E-state index is -0.308. The van der Waals surface area contributed by atoms with Crippen molar-refractivity contribution in [2.24, 2.45) is 5.41 Å². The number of hydrogen-bond acceptors (Lipinski definition) is 3. The molecule has 0 saturated heterocycles. The SMILES string of the molecule is CC(C)(C)C(=O)c1cc(N)cs1. The van der Waals surface area contributed by atoms with Crippen molar-refractivity contribution in [3.63, 3.8) is 0 Å². The molecule has 0 aliphatic carbocycles. The highest BCUT2D eigenvalue weighted by Gasteiger charge is 2.23. The summed E-state index contributed by atoms with van der Waals surface area (Å²) in [6.07, 6.45) is 0. The van der Waals surface area contributed by atoms with E-state index in [1.165, 1.54) is 11.3 Å². The van der Waals surface area contributed by atoms with Crippen LogP contribution in [-0.2, 0) is 0 Å². The highest BCUT2D eigenvalue weighted by molar-refractivity contribution is 7.12. The van der Waals surface area contributed by atoms with E-state index in [1.807, 2.05) is 20.8 Å². The molecule has 0 aliphatic rings. The largest absolute Gasteiger partial charge is 0.398 e. The van der Waals surface area contributed by atoms with E-state index < -0.39 is 0 Å². The molecule has 1 heterocycles. The molecule has 0 saturated carbocycles. The van der Waals surface area contributed by atoms with Crippen molar-refractivity contribution < 1.29 is 4.79 Å². The normalized spacial score (nSPS) is 11.6. The molecule has 1 aromatic rings. The maximum atomic E-state index is 11.6. The summed E-state index contributed by atoms with van der Waals surface area (Å²) < 4.78 is 0. The van der Waals surface area contributed by atoms with Crippen LogP contribution in [0, 0.1) is 5.41 Å². The zero-order valence-electron chi connectivity index (χ0n) is 7.55. The molecule has 0 atom stereocenters. The molecular weight excluding hydrogens is 170 g/mol. The topological polar surface area (TPSA) is 43.1 Å². The van der Waals surface area contributed by atoms with Crippen molar-refractivity contribution in [1.29, 1.82) is 0 Å². The van der Waals surface area contributed by atoms with Gasteiger partial charge in [-0.25, -0.2) is 0 Å². The van der Waals surface area contributed by atoms with Crippen molar-refractivity contribution in [3.05, 3.63) is 16.3 Å². The van der Waals surface area contributed by atoms with Crippen molar-refractivity contribution >= 4 is 22.8 Å². The zero-order chi connectivity index (χ0) is 9.35. The molecule has 0 aliphatic heterocycles. The molecule has 0 spiro atoms. The first-order chi connectivity index (χ1) is 5.41. The molecule has 2 nitrogen and oxygen atoms in total. The first kappa shape index (κ1) is 9.26. The molecule has 0 fully saturated rings. The third-order valence-electron chi connectivity index (χ3n) is 1.52. The Balaban J connectivity index is 2.93. The van der Waals surface area contributed by atoms with Crippen LogP contribution in [0.3, 0.4) is 0 Å². The average Bonchev–Trinajstić information content (AvgIpc) is 2.32. The Bertz CT molecular complexity index is 296. The third-order valence-corrected chi connectivity index (χ3v) is 2.47. The van der Waals surface area contributed by atoms with E-state index in [2.05, 4.69) is 0 Å². The Kier molecular flexibility index (Phi) is 2.24. The molecule has 0 radical (unpaired) electrons. The number of ketones is 1. The van der Waals surface area contributed by atoms with Crippen LogP contribution in [0.4, 0.5) is 5.69 Å². The second-order valence-electron chi connectivity index (χ2n) is 3.82. The number of thiophene rings is 1. The van der Waals surface area contributed by atoms with Gasteiger partial charge in [0.15, 0.2) is 5.78 Å². The molecule has 0 amide bonds. The van der Waals surface area contributed by atoms with Gasteiger partial charge in [0.05, 0.1) is 4.88 Å². The monoisotopic (exact) mass is 183 g/mol. The van der Waals surface area contributed by atoms with E-state index in [4.69, 9.17) is 5.73 Å². The van der Waals surface area contributed by atoms with Crippen LogP contribution in [0.15, 0.2) is 11.4 Å². The number of nitrogen functional groups attached to an aromatic ring is 1. The summed E-state index contributed by atoms with van der Waals surface area (Å²) in [5, 5.41) is 1.79. The van der Waals surface area contributed by atoms with Crippen LogP contribution in [0.5, 0.6) is 0 Å². The van der Waals surface area contributed by atoms with Gasteiger partial charge >= 0.3 is 0 Å². The summed E-state index contributed by atoms with van der Waals surface area (Å²) >= 11 is 1.41. The highest BCUT2D eigenvalue weighted by Crippen LogP contribution is 2.25. The number of Topliss-reactive ketones (excluding diaryl/α,β-unsaturated/α-hetero) is 1. The fourth-order valence-electron chi connectivity index (χ4n) is 0.840. The average molecular weight is 183 g/mol. The molecule has 2 N–H and O–H groups in total. The van der Waals surface area contributed by atoms with Gasteiger partial charge in [-0.2, -0.15) is 0 Å². The van der Waals surface area contributed by atoms with Gasteiger partial charge in [0, 0.05) is 16.5 Å². The van der Waals surface area contributed by atoms with Gasteiger partial charge in [-0.15, -0.1) is 11.3 Å². The molecule has 0 bridgehead atoms. The second kappa shape index (κ2) is 2.90. The number of rotatable bonds is 1. The van der Waals surface area contributed by atoms with E-state index in [0.717, 1.165) is 4.88 Å². The van der Waals surface area contributed by atoms with E-state index in [9.17, 15) is 4.79 Å². The molecule has 0 aromatic carbocycles. The Labute approximate surface area is 76.4 Å². The lowest BCUT2D eigenvalue weighted by molar-refractivity contribution is 0.0863. The Morgan fingerprint density at radius 2 is 2.08 bits per heavy atom. The van der Waals surface area contributed by atoms with Crippen LogP contribution in [-0.4, -0.2) is 5.78 Å². The summed E-state index contributed by atoms with van der Waals surface area (Å²) in [4.78, 5) is 12.4. The Hall–Kier alpha value is -0.830. The Morgan fingerprint density at radius 3 is 2.42 bits per heavy atom. The summed E-state index contributed by atoms with van der Waals surface area (Å²) in [6, 6.07) is 1.73. The van der Waals surface area contributed by atoms with Crippen LogP contribution in [0.1, 0.15) is 30.4 Å². The summed E-state index contributed by atoms with van der Waals surface area (Å²) in [7, 11) is 0. The summed E-state index contributed by atoms with van der Waals surface area (Å²) in [5.41, 5.74) is 5.88. The van der Waals surface area contributed by atoms with Gasteiger partial charge in [-0.3, -0.25) is 4.79 Å². The number of carbonyl (C=O) groups is 1. The van der Waals surface area contributed by atoms with Crippen LogP contribution >= 0.6 is 11.3 Å². The lowest BCUT2D eigenvalue weighted by atomic mass is 9.90. The van der Waals surface area contributed by atoms with Gasteiger partial charge in [0.2, 0.25) is 0 Å². The predicted molar refractivity (Wildman–Crippen MR) is 52.5 cm³/mol. The minimum Gasteiger partial charge on any atom is -0.398 e. The van der Waals surface area contributed by atoms with E-state index in [1.54, 1.807) is 11.4 Å². The summed E-state index contributed by atoms with van der Waals surface area (Å²) in [5.74, 6) is 0.157. The smallest absolute Gasteiger partial charge is 0.178 e. The fraction of sp³-hybridized carbons (Fsp3) is 0.444.